The monoisotopic (exact) mass is 664 g/mol. The predicted octanol–water partition coefficient (Wildman–Crippen LogP) is 5.09. The summed E-state index contributed by atoms with van der Waals surface area (Å²) in [7, 11) is -3.58. The van der Waals surface area contributed by atoms with E-state index in [4.69, 9.17) is 5.26 Å². The van der Waals surface area contributed by atoms with Gasteiger partial charge in [0.25, 0.3) is 5.91 Å². The maximum Gasteiger partial charge on any atom is 0.417 e. The van der Waals surface area contributed by atoms with Crippen LogP contribution in [0.2, 0.25) is 0 Å². The summed E-state index contributed by atoms with van der Waals surface area (Å²) in [6.07, 6.45) is -1.85. The van der Waals surface area contributed by atoms with Crippen LogP contribution in [0.25, 0.3) is 27.7 Å². The lowest BCUT2D eigenvalue weighted by molar-refractivity contribution is -0.137. The van der Waals surface area contributed by atoms with Gasteiger partial charge < -0.3 is 13.9 Å². The number of hydrogen-bond acceptors (Lipinski definition) is 5. The van der Waals surface area contributed by atoms with Crippen molar-refractivity contribution in [2.24, 2.45) is 7.05 Å². The van der Waals surface area contributed by atoms with Gasteiger partial charge in [0.05, 0.1) is 28.4 Å². The zero-order valence-electron chi connectivity index (χ0n) is 23.4. The third-order valence-corrected chi connectivity index (χ3v) is 9.75. The van der Waals surface area contributed by atoms with Crippen molar-refractivity contribution in [3.05, 3.63) is 89.0 Å². The van der Waals surface area contributed by atoms with Gasteiger partial charge in [-0.2, -0.15) is 22.7 Å². The second-order valence-electron chi connectivity index (χ2n) is 10.4. The van der Waals surface area contributed by atoms with Crippen molar-refractivity contribution < 1.29 is 43.9 Å². The highest BCUT2D eigenvalue weighted by molar-refractivity contribution is 7.89. The molecule has 0 bridgehead atoms. The van der Waals surface area contributed by atoms with E-state index < -0.39 is 74.5 Å². The summed E-state index contributed by atoms with van der Waals surface area (Å²) in [5.74, 6) is -9.44. The minimum Gasteiger partial charge on any atom is -0.335 e. The molecule has 0 aliphatic carbocycles. The van der Waals surface area contributed by atoms with E-state index in [1.54, 1.807) is 7.05 Å². The van der Waals surface area contributed by atoms with E-state index in [1.165, 1.54) is 56.7 Å². The summed E-state index contributed by atoms with van der Waals surface area (Å²) in [5.41, 5.74) is -1.60. The third-order valence-electron chi connectivity index (χ3n) is 7.83. The van der Waals surface area contributed by atoms with Crippen molar-refractivity contribution in [3.63, 3.8) is 0 Å². The first-order chi connectivity index (χ1) is 21.7. The number of benzene rings is 2. The molecule has 17 heteroatoms. The Bertz CT molecular complexity index is 2200. The summed E-state index contributed by atoms with van der Waals surface area (Å²) >= 11 is 0. The van der Waals surface area contributed by atoms with Crippen LogP contribution in [0.3, 0.4) is 0 Å². The number of nitriles is 1. The minimum atomic E-state index is -5.15. The molecule has 0 radical (unpaired) electrons. The van der Waals surface area contributed by atoms with Gasteiger partial charge in [-0.1, -0.05) is 6.07 Å². The first kappa shape index (κ1) is 31.0. The van der Waals surface area contributed by atoms with Crippen LogP contribution in [0.15, 0.2) is 53.8 Å². The van der Waals surface area contributed by atoms with Crippen LogP contribution in [0, 0.1) is 34.6 Å². The van der Waals surface area contributed by atoms with Crippen LogP contribution < -0.4 is 0 Å². The first-order valence-electron chi connectivity index (χ1n) is 13.3. The number of halogens is 7. The number of sulfonamides is 1. The van der Waals surface area contributed by atoms with Gasteiger partial charge >= 0.3 is 6.18 Å². The van der Waals surface area contributed by atoms with Gasteiger partial charge in [-0.25, -0.2) is 31.0 Å². The molecule has 2 aromatic carbocycles. The Morgan fingerprint density at radius 1 is 0.913 bits per heavy atom. The number of aryl methyl sites for hydroxylation is 1. The van der Waals surface area contributed by atoms with Gasteiger partial charge in [-0.3, -0.25) is 4.79 Å². The van der Waals surface area contributed by atoms with Crippen molar-refractivity contribution in [2.75, 3.05) is 26.2 Å². The molecule has 0 saturated carbocycles. The van der Waals surface area contributed by atoms with Gasteiger partial charge in [0, 0.05) is 45.0 Å². The van der Waals surface area contributed by atoms with Gasteiger partial charge in [-0.05, 0) is 35.9 Å². The Labute approximate surface area is 255 Å². The molecule has 6 rings (SSSR count). The normalized spacial score (nSPS) is 14.7. The van der Waals surface area contributed by atoms with Crippen LogP contribution in [0.5, 0.6) is 0 Å². The number of nitrogens with zero attached hydrogens (tertiary/aromatic N) is 6. The number of piperazine rings is 1. The molecular formula is C29H19F7N6O3S. The number of fused-ring (bicyclic) bond motifs is 2. The van der Waals surface area contributed by atoms with Gasteiger partial charge in [0.1, 0.15) is 17.3 Å². The molecule has 1 fully saturated rings. The maximum atomic E-state index is 14.5. The highest BCUT2D eigenvalue weighted by atomic mass is 32.2. The lowest BCUT2D eigenvalue weighted by atomic mass is 9.98. The highest BCUT2D eigenvalue weighted by Gasteiger charge is 2.39. The predicted molar refractivity (Wildman–Crippen MR) is 148 cm³/mol. The van der Waals surface area contributed by atoms with E-state index in [2.05, 4.69) is 4.98 Å². The fourth-order valence-corrected chi connectivity index (χ4v) is 7.07. The van der Waals surface area contributed by atoms with E-state index in [9.17, 15) is 43.9 Å². The number of carbonyl (C=O) groups excluding carboxylic acids is 1. The molecule has 0 unspecified atom stereocenters. The number of imidazole rings is 1. The minimum absolute atomic E-state index is 0.0361. The second-order valence-corrected chi connectivity index (χ2v) is 12.3. The molecule has 0 spiro atoms. The molecule has 0 atom stereocenters. The van der Waals surface area contributed by atoms with Crippen LogP contribution in [0.1, 0.15) is 21.6 Å². The molecule has 4 heterocycles. The Kier molecular flexibility index (Phi) is 7.32. The lowest BCUT2D eigenvalue weighted by Gasteiger charge is -2.34. The molecule has 1 amide bonds. The Morgan fingerprint density at radius 3 is 2.17 bits per heavy atom. The average Bonchev–Trinajstić information content (AvgIpc) is 3.62. The number of amides is 1. The number of rotatable bonds is 4. The van der Waals surface area contributed by atoms with E-state index >= 15 is 0 Å². The summed E-state index contributed by atoms with van der Waals surface area (Å²) in [6, 6.07) is 9.05. The van der Waals surface area contributed by atoms with Crippen molar-refractivity contribution >= 4 is 32.5 Å². The highest BCUT2D eigenvalue weighted by Crippen LogP contribution is 2.41. The van der Waals surface area contributed by atoms with E-state index in [-0.39, 0.29) is 40.9 Å². The molecule has 1 aliphatic rings. The van der Waals surface area contributed by atoms with Crippen molar-refractivity contribution in [1.29, 1.82) is 5.26 Å². The Balaban J connectivity index is 1.30. The average molecular weight is 665 g/mol. The van der Waals surface area contributed by atoms with Crippen molar-refractivity contribution in [3.8, 4) is 17.2 Å². The smallest absolute Gasteiger partial charge is 0.335 e. The number of alkyl halides is 3. The zero-order chi connectivity index (χ0) is 33.3. The van der Waals surface area contributed by atoms with E-state index in [0.717, 1.165) is 12.1 Å². The Hall–Kier alpha value is -4.95. The molecule has 0 N–H and O–H groups in total. The maximum absolute atomic E-state index is 14.5. The number of carbonyl (C=O) groups is 1. The number of hydrogen-bond donors (Lipinski definition) is 0. The van der Waals surface area contributed by atoms with E-state index in [1.807, 2.05) is 0 Å². The fraction of sp³-hybridized carbons (Fsp3) is 0.207. The zero-order valence-corrected chi connectivity index (χ0v) is 24.2. The first-order valence-corrected chi connectivity index (χ1v) is 14.8. The van der Waals surface area contributed by atoms with Crippen LogP contribution in [-0.4, -0.2) is 63.7 Å². The Morgan fingerprint density at radius 2 is 1.57 bits per heavy atom. The SMILES string of the molecule is Cn1cnc2cc(-c3cccn4c(C(=O)N5CCN(S(=O)(=O)c6c(F)c(F)c(C#N)c(F)c6F)CC5)ccc34)c(C(F)(F)F)cc21. The molecule has 1 saturated heterocycles. The summed E-state index contributed by atoms with van der Waals surface area (Å²) in [6.45, 7) is -1.62. The number of aromatic nitrogens is 3. The third kappa shape index (κ3) is 4.75. The summed E-state index contributed by atoms with van der Waals surface area (Å²) in [5, 5.41) is 8.76. The molecular weight excluding hydrogens is 645 g/mol. The van der Waals surface area contributed by atoms with Crippen molar-refractivity contribution in [2.45, 2.75) is 11.1 Å². The van der Waals surface area contributed by atoms with Gasteiger partial charge in [0.2, 0.25) is 10.0 Å². The number of pyridine rings is 1. The lowest BCUT2D eigenvalue weighted by Crippen LogP contribution is -2.51. The van der Waals surface area contributed by atoms with Gasteiger partial charge in [-0.15, -0.1) is 0 Å². The fourth-order valence-electron chi connectivity index (χ4n) is 5.53. The van der Waals surface area contributed by atoms with E-state index in [0.29, 0.717) is 9.82 Å². The molecule has 1 aliphatic heterocycles. The largest absolute Gasteiger partial charge is 0.417 e. The van der Waals surface area contributed by atoms with Crippen LogP contribution in [0.4, 0.5) is 30.7 Å². The molecule has 238 valence electrons. The standard InChI is InChI=1S/C29H19F7N6O3S/c1-39-14-38-19-11-16(18(12-22(19)39)29(34,35)36)15-3-2-6-42-20(15)4-5-21(42)28(43)40-7-9-41(10-8-40)46(44,45)27-25(32)23(30)17(13-37)24(31)26(27)33/h2-6,11-12,14H,7-10H2,1H3. The topological polar surface area (TPSA) is 104 Å². The second kappa shape index (κ2) is 10.8. The molecule has 5 aromatic rings. The molecule has 9 nitrogen and oxygen atoms in total. The van der Waals surface area contributed by atoms with Crippen LogP contribution in [-0.2, 0) is 23.2 Å². The summed E-state index contributed by atoms with van der Waals surface area (Å²) < 4.78 is 129. The molecule has 46 heavy (non-hydrogen) atoms. The van der Waals surface area contributed by atoms with Gasteiger partial charge in [0.15, 0.2) is 28.2 Å². The van der Waals surface area contributed by atoms with Crippen molar-refractivity contribution in [1.82, 2.24) is 23.2 Å². The quantitative estimate of drug-likeness (QED) is 0.197. The summed E-state index contributed by atoms with van der Waals surface area (Å²) in [4.78, 5) is 17.0. The van der Waals surface area contributed by atoms with Crippen LogP contribution >= 0.6 is 0 Å². The molecule has 3 aromatic heterocycles.